The Balaban J connectivity index is -0.00000000500. The van der Waals surface area contributed by atoms with E-state index >= 15 is 0 Å². The molecule has 0 unspecified atom stereocenters. The zero-order chi connectivity index (χ0) is 2.00. The Morgan fingerprint density at radius 3 is 1.00 bits per heavy atom. The van der Waals surface area contributed by atoms with Crippen LogP contribution in [0, 0.1) is 0 Å². The third kappa shape index (κ3) is 14.7. The summed E-state index contributed by atoms with van der Waals surface area (Å²) < 4.78 is 0. The van der Waals surface area contributed by atoms with Gasteiger partial charge in [0.05, 0.1) is 0 Å². The first-order chi connectivity index (χ1) is 1.00. The third-order valence-corrected chi connectivity index (χ3v) is 0. The molecule has 0 saturated carbocycles. The number of rotatable bonds is 0. The van der Waals surface area contributed by atoms with Gasteiger partial charge in [-0.25, -0.2) is 0 Å². The molecule has 3 nitrogen and oxygen atoms in total. The van der Waals surface area contributed by atoms with Gasteiger partial charge in [0.1, 0.15) is 0 Å². The van der Waals surface area contributed by atoms with E-state index in [0.717, 1.165) is 0 Å². The van der Waals surface area contributed by atoms with Crippen molar-refractivity contribution in [3.05, 3.63) is 0 Å². The van der Waals surface area contributed by atoms with Crippen molar-refractivity contribution < 1.29 is 5.48 Å². The van der Waals surface area contributed by atoms with E-state index in [9.17, 15) is 0 Å². The average molecular weight is 262 g/mol. The van der Waals surface area contributed by atoms with Crippen LogP contribution >= 0.6 is 0 Å². The molecule has 0 aliphatic carbocycles. The van der Waals surface area contributed by atoms with Gasteiger partial charge in [0, 0.05) is 0 Å². The van der Waals surface area contributed by atoms with Crippen molar-refractivity contribution in [3.63, 3.8) is 0 Å². The van der Waals surface area contributed by atoms with Crippen molar-refractivity contribution in [1.29, 1.82) is 0 Å². The normalized spacial score (nSPS) is 1.50. The van der Waals surface area contributed by atoms with E-state index < -0.39 is 0 Å². The van der Waals surface area contributed by atoms with Gasteiger partial charge < -0.3 is 5.48 Å². The Morgan fingerprint density at radius 2 is 1.00 bits per heavy atom. The zero-order valence-corrected chi connectivity index (χ0v) is 7.86. The van der Waals surface area contributed by atoms with Crippen molar-refractivity contribution in [3.8, 4) is 0 Å². The summed E-state index contributed by atoms with van der Waals surface area (Å²) in [4.78, 5) is 0. The number of hydrogen-bond donors (Lipinski definition) is 2. The van der Waals surface area contributed by atoms with Crippen LogP contribution < -0.4 is 11.7 Å². The molecule has 0 saturated heterocycles. The SMILES string of the molecule is NN.O.[BiH3]. The van der Waals surface area contributed by atoms with Crippen LogP contribution in [0.1, 0.15) is 0 Å². The van der Waals surface area contributed by atoms with Crippen molar-refractivity contribution in [2.24, 2.45) is 11.7 Å². The molecule has 0 aromatic rings. The van der Waals surface area contributed by atoms with E-state index in [0.29, 0.717) is 0 Å². The molecule has 0 aromatic carbocycles. The molecule has 4 heavy (non-hydrogen) atoms. The van der Waals surface area contributed by atoms with Crippen LogP contribution in [0.2, 0.25) is 0 Å². The van der Waals surface area contributed by atoms with Crippen molar-refractivity contribution in [2.75, 3.05) is 0 Å². The fraction of sp³-hybridized carbons (Fsp3) is 0. The fourth-order valence-electron chi connectivity index (χ4n) is 0. The first kappa shape index (κ1) is 21.7. The van der Waals surface area contributed by atoms with Gasteiger partial charge >= 0.3 is 26.2 Å². The van der Waals surface area contributed by atoms with Gasteiger partial charge in [0.25, 0.3) is 0 Å². The van der Waals surface area contributed by atoms with Gasteiger partial charge in [0.15, 0.2) is 0 Å². The summed E-state index contributed by atoms with van der Waals surface area (Å²) in [7, 11) is 0. The third-order valence-electron chi connectivity index (χ3n) is 0. The number of hydrogen-bond acceptors (Lipinski definition) is 2. The number of hydrazine groups is 1. The summed E-state index contributed by atoms with van der Waals surface area (Å²) in [5, 5.41) is 0. The molecule has 30 valence electrons. The average Bonchev–Trinajstić information content (AvgIpc) is 1.00. The Bertz CT molecular complexity index is 6.00. The summed E-state index contributed by atoms with van der Waals surface area (Å²) >= 11 is 0. The molecule has 0 fully saturated rings. The van der Waals surface area contributed by atoms with Crippen LogP contribution in [0.5, 0.6) is 0 Å². The molecule has 6 N–H and O–H groups in total. The molecule has 0 aliphatic heterocycles. The molecule has 0 atom stereocenters. The molecule has 0 spiro atoms. The fourth-order valence-corrected chi connectivity index (χ4v) is 0. The van der Waals surface area contributed by atoms with Gasteiger partial charge in [-0.1, -0.05) is 0 Å². The molecule has 0 amide bonds. The maximum absolute atomic E-state index is 4.00. The quantitative estimate of drug-likeness (QED) is 0.274. The summed E-state index contributed by atoms with van der Waals surface area (Å²) in [5.74, 6) is 8.00. The van der Waals surface area contributed by atoms with Gasteiger partial charge in [-0.05, 0) is 0 Å². The van der Waals surface area contributed by atoms with Gasteiger partial charge in [-0.2, -0.15) is 0 Å². The second kappa shape index (κ2) is 49.3. The molecule has 0 aliphatic rings. The van der Waals surface area contributed by atoms with Gasteiger partial charge in [-0.3, -0.25) is 11.7 Å². The standard InChI is InChI=1S/Bi.H4N2.H2O.3H/c;1-2;;;;/h;1-2H2;1H2;;;. The summed E-state index contributed by atoms with van der Waals surface area (Å²) in [5.41, 5.74) is 0. The van der Waals surface area contributed by atoms with Crippen LogP contribution in [0.4, 0.5) is 0 Å². The summed E-state index contributed by atoms with van der Waals surface area (Å²) in [6.45, 7) is 0. The second-order valence-electron chi connectivity index (χ2n) is 0. The van der Waals surface area contributed by atoms with E-state index in [-0.39, 0.29) is 31.7 Å². The van der Waals surface area contributed by atoms with E-state index in [2.05, 4.69) is 11.7 Å². The Morgan fingerprint density at radius 1 is 1.00 bits per heavy atom. The molecular weight excluding hydrogens is 253 g/mol. The minimum absolute atomic E-state index is 0. The Labute approximate surface area is 43.8 Å². The van der Waals surface area contributed by atoms with Crippen LogP contribution in [-0.4, -0.2) is 31.7 Å². The monoisotopic (exact) mass is 262 g/mol. The van der Waals surface area contributed by atoms with Crippen LogP contribution in [0.15, 0.2) is 0 Å². The summed E-state index contributed by atoms with van der Waals surface area (Å²) in [6.07, 6.45) is 0. The predicted molar refractivity (Wildman–Crippen MR) is 21.9 cm³/mol. The van der Waals surface area contributed by atoms with E-state index in [1.54, 1.807) is 0 Å². The molecule has 0 heterocycles. The topological polar surface area (TPSA) is 83.5 Å². The Hall–Kier alpha value is 0.763. The van der Waals surface area contributed by atoms with E-state index in [4.69, 9.17) is 0 Å². The molecule has 0 rings (SSSR count). The van der Waals surface area contributed by atoms with Gasteiger partial charge in [0.2, 0.25) is 0 Å². The van der Waals surface area contributed by atoms with Gasteiger partial charge in [-0.15, -0.1) is 0 Å². The Kier molecular flexibility index (Phi) is 268. The van der Waals surface area contributed by atoms with Crippen molar-refractivity contribution >= 4 is 26.2 Å². The molecule has 4 heteroatoms. The van der Waals surface area contributed by atoms with E-state index in [1.807, 2.05) is 0 Å². The summed E-state index contributed by atoms with van der Waals surface area (Å²) in [6, 6.07) is 0. The van der Waals surface area contributed by atoms with Crippen molar-refractivity contribution in [2.45, 2.75) is 0 Å². The molecule has 0 bridgehead atoms. The first-order valence-corrected chi connectivity index (χ1v) is 0.333. The zero-order valence-electron chi connectivity index (χ0n) is 2.36. The minimum atomic E-state index is 0. The molecular formula is H9BiN2O. The predicted octanol–water partition coefficient (Wildman–Crippen LogP) is -3.19. The van der Waals surface area contributed by atoms with Crippen LogP contribution in [-0.2, 0) is 0 Å². The first-order valence-electron chi connectivity index (χ1n) is 0.333. The van der Waals surface area contributed by atoms with Crippen LogP contribution in [0.25, 0.3) is 0 Å². The van der Waals surface area contributed by atoms with E-state index in [1.165, 1.54) is 0 Å². The maximum atomic E-state index is 4.00. The van der Waals surface area contributed by atoms with Crippen molar-refractivity contribution in [1.82, 2.24) is 0 Å². The second-order valence-corrected chi connectivity index (χ2v) is 0. The number of nitrogens with two attached hydrogens (primary N) is 2. The van der Waals surface area contributed by atoms with Crippen LogP contribution in [0.3, 0.4) is 0 Å². The molecule has 0 aromatic heterocycles. The molecule has 0 radical (unpaired) electrons.